The predicted molar refractivity (Wildman–Crippen MR) is 68.5 cm³/mol. The van der Waals surface area contributed by atoms with E-state index in [4.69, 9.17) is 5.11 Å². The van der Waals surface area contributed by atoms with Gasteiger partial charge in [0, 0.05) is 12.1 Å². The number of carboxylic acid groups (broad SMARTS) is 1. The van der Waals surface area contributed by atoms with Crippen molar-refractivity contribution in [2.24, 2.45) is 0 Å². The molecule has 19 heavy (non-hydrogen) atoms. The highest BCUT2D eigenvalue weighted by atomic mass is 32.2. The molecule has 2 rings (SSSR count). The smallest absolute Gasteiger partial charge is 0.317 e. The van der Waals surface area contributed by atoms with Gasteiger partial charge in [-0.1, -0.05) is 0 Å². The number of aliphatic carboxylic acids is 1. The first-order valence-electron chi connectivity index (χ1n) is 6.07. The van der Waals surface area contributed by atoms with Gasteiger partial charge in [-0.25, -0.2) is 16.8 Å². The average Bonchev–Trinajstić information content (AvgIpc) is 2.77. The van der Waals surface area contributed by atoms with E-state index in [-0.39, 0.29) is 41.6 Å². The summed E-state index contributed by atoms with van der Waals surface area (Å²) in [5.41, 5.74) is 0. The number of nitrogens with zero attached hydrogens (tertiary/aromatic N) is 1. The third-order valence-corrected chi connectivity index (χ3v) is 7.17. The zero-order valence-electron chi connectivity index (χ0n) is 10.4. The zero-order chi connectivity index (χ0) is 14.3. The Morgan fingerprint density at radius 1 is 1.00 bits per heavy atom. The Morgan fingerprint density at radius 2 is 1.42 bits per heavy atom. The van der Waals surface area contributed by atoms with Crippen molar-refractivity contribution in [1.82, 2.24) is 4.90 Å². The summed E-state index contributed by atoms with van der Waals surface area (Å²) in [6.45, 7) is -0.305. The van der Waals surface area contributed by atoms with Crippen molar-refractivity contribution < 1.29 is 26.7 Å². The standard InChI is InChI=1S/C10H17NO6S2/c12-10(13)5-11(8-1-3-18(14,15)6-8)9-2-4-19(16,17)7-9/h8-9H,1-7H2,(H,12,13). The van der Waals surface area contributed by atoms with Gasteiger partial charge in [0.25, 0.3) is 0 Å². The van der Waals surface area contributed by atoms with Crippen molar-refractivity contribution in [3.63, 3.8) is 0 Å². The number of hydrogen-bond acceptors (Lipinski definition) is 6. The summed E-state index contributed by atoms with van der Waals surface area (Å²) in [7, 11) is -6.24. The molecular weight excluding hydrogens is 294 g/mol. The van der Waals surface area contributed by atoms with Gasteiger partial charge in [-0.3, -0.25) is 9.69 Å². The molecule has 2 fully saturated rings. The number of carbonyl (C=O) groups is 1. The lowest BCUT2D eigenvalue weighted by Gasteiger charge is -2.31. The van der Waals surface area contributed by atoms with Crippen LogP contribution in [0.1, 0.15) is 12.8 Å². The third-order valence-electron chi connectivity index (χ3n) is 3.67. The van der Waals surface area contributed by atoms with E-state index in [2.05, 4.69) is 0 Å². The largest absolute Gasteiger partial charge is 0.480 e. The van der Waals surface area contributed by atoms with Gasteiger partial charge in [-0.15, -0.1) is 0 Å². The summed E-state index contributed by atoms with van der Waals surface area (Å²) in [4.78, 5) is 12.5. The molecule has 7 nitrogen and oxygen atoms in total. The Bertz CT molecular complexity index is 523. The molecule has 2 aliphatic heterocycles. The molecule has 2 saturated heterocycles. The highest BCUT2D eigenvalue weighted by Gasteiger charge is 2.40. The quantitative estimate of drug-likeness (QED) is 0.690. The van der Waals surface area contributed by atoms with Crippen molar-refractivity contribution in [1.29, 1.82) is 0 Å². The minimum absolute atomic E-state index is 0.0489. The summed E-state index contributed by atoms with van der Waals surface area (Å²) in [5, 5.41) is 8.92. The SMILES string of the molecule is O=C(O)CN(C1CCS(=O)(=O)C1)C1CCS(=O)(=O)C1. The van der Waals surface area contributed by atoms with Crippen LogP contribution in [-0.4, -0.2) is 74.5 Å². The maximum Gasteiger partial charge on any atom is 0.317 e. The lowest BCUT2D eigenvalue weighted by Crippen LogP contribution is -2.47. The van der Waals surface area contributed by atoms with E-state index in [1.54, 1.807) is 4.90 Å². The Hall–Kier alpha value is -0.670. The fraction of sp³-hybridized carbons (Fsp3) is 0.900. The summed E-state index contributed by atoms with van der Waals surface area (Å²) in [6.07, 6.45) is 0.762. The fourth-order valence-corrected chi connectivity index (χ4v) is 6.27. The van der Waals surface area contributed by atoms with Crippen molar-refractivity contribution in [2.45, 2.75) is 24.9 Å². The Balaban J connectivity index is 2.15. The number of carboxylic acids is 1. The van der Waals surface area contributed by atoms with Crippen LogP contribution in [0.4, 0.5) is 0 Å². The average molecular weight is 311 g/mol. The van der Waals surface area contributed by atoms with Gasteiger partial charge in [0.05, 0.1) is 29.6 Å². The van der Waals surface area contributed by atoms with Crippen LogP contribution in [0.15, 0.2) is 0 Å². The van der Waals surface area contributed by atoms with Gasteiger partial charge in [0.15, 0.2) is 19.7 Å². The normalized spacial score (nSPS) is 32.7. The Morgan fingerprint density at radius 3 is 1.68 bits per heavy atom. The van der Waals surface area contributed by atoms with Crippen LogP contribution in [0.5, 0.6) is 0 Å². The maximum atomic E-state index is 11.5. The van der Waals surface area contributed by atoms with Gasteiger partial charge in [0.2, 0.25) is 0 Å². The topological polar surface area (TPSA) is 109 Å². The van der Waals surface area contributed by atoms with E-state index in [9.17, 15) is 21.6 Å². The second-order valence-corrected chi connectivity index (χ2v) is 9.64. The molecule has 2 atom stereocenters. The first-order valence-corrected chi connectivity index (χ1v) is 9.71. The highest BCUT2D eigenvalue weighted by Crippen LogP contribution is 2.25. The monoisotopic (exact) mass is 311 g/mol. The fourth-order valence-electron chi connectivity index (χ4n) is 2.79. The highest BCUT2D eigenvalue weighted by molar-refractivity contribution is 7.92. The van der Waals surface area contributed by atoms with E-state index in [1.807, 2.05) is 0 Å². The van der Waals surface area contributed by atoms with Crippen LogP contribution >= 0.6 is 0 Å². The van der Waals surface area contributed by atoms with Crippen molar-refractivity contribution >= 4 is 25.6 Å². The molecule has 0 amide bonds. The number of rotatable bonds is 4. The summed E-state index contributed by atoms with van der Waals surface area (Å²) in [6, 6.07) is -0.751. The molecule has 2 aliphatic rings. The molecule has 0 aliphatic carbocycles. The molecular formula is C10H17NO6S2. The molecule has 0 aromatic rings. The molecule has 2 unspecified atom stereocenters. The first-order chi connectivity index (χ1) is 8.69. The molecule has 9 heteroatoms. The van der Waals surface area contributed by atoms with Crippen molar-refractivity contribution in [2.75, 3.05) is 29.6 Å². The minimum Gasteiger partial charge on any atom is -0.480 e. The van der Waals surface area contributed by atoms with E-state index in [1.165, 1.54) is 0 Å². The Labute approximate surface area is 112 Å². The molecule has 0 saturated carbocycles. The van der Waals surface area contributed by atoms with E-state index in [0.717, 1.165) is 0 Å². The van der Waals surface area contributed by atoms with Gasteiger partial charge >= 0.3 is 5.97 Å². The zero-order valence-corrected chi connectivity index (χ0v) is 12.0. The third kappa shape index (κ3) is 3.67. The lowest BCUT2D eigenvalue weighted by molar-refractivity contribution is -0.139. The van der Waals surface area contributed by atoms with Gasteiger partial charge < -0.3 is 5.11 Å². The molecule has 1 N–H and O–H groups in total. The number of hydrogen-bond donors (Lipinski definition) is 1. The van der Waals surface area contributed by atoms with Crippen molar-refractivity contribution in [3.05, 3.63) is 0 Å². The molecule has 0 bridgehead atoms. The van der Waals surface area contributed by atoms with E-state index < -0.39 is 25.6 Å². The van der Waals surface area contributed by atoms with Gasteiger partial charge in [0.1, 0.15) is 0 Å². The summed E-state index contributed by atoms with van der Waals surface area (Å²) >= 11 is 0. The van der Waals surface area contributed by atoms with Crippen LogP contribution in [0.25, 0.3) is 0 Å². The molecule has 2 heterocycles. The van der Waals surface area contributed by atoms with Crippen LogP contribution in [0, 0.1) is 0 Å². The Kier molecular flexibility index (Phi) is 3.90. The van der Waals surface area contributed by atoms with Crippen molar-refractivity contribution in [3.8, 4) is 0 Å². The van der Waals surface area contributed by atoms with Crippen LogP contribution in [-0.2, 0) is 24.5 Å². The van der Waals surface area contributed by atoms with E-state index >= 15 is 0 Å². The molecule has 0 radical (unpaired) electrons. The maximum absolute atomic E-state index is 11.5. The van der Waals surface area contributed by atoms with Crippen LogP contribution in [0.3, 0.4) is 0 Å². The second kappa shape index (κ2) is 5.02. The van der Waals surface area contributed by atoms with Crippen LogP contribution in [0.2, 0.25) is 0 Å². The van der Waals surface area contributed by atoms with E-state index in [0.29, 0.717) is 12.8 Å². The predicted octanol–water partition coefficient (Wildman–Crippen LogP) is -1.25. The minimum atomic E-state index is -3.12. The second-order valence-electron chi connectivity index (χ2n) is 5.18. The molecule has 0 spiro atoms. The lowest BCUT2D eigenvalue weighted by atomic mass is 10.1. The molecule has 0 aromatic heterocycles. The van der Waals surface area contributed by atoms with Gasteiger partial charge in [-0.2, -0.15) is 0 Å². The summed E-state index contributed by atoms with van der Waals surface area (Å²) < 4.78 is 45.9. The summed E-state index contributed by atoms with van der Waals surface area (Å²) in [5.74, 6) is -1.11. The number of sulfone groups is 2. The first kappa shape index (κ1) is 14.7. The van der Waals surface area contributed by atoms with Gasteiger partial charge in [-0.05, 0) is 12.8 Å². The molecule has 0 aromatic carbocycles. The van der Waals surface area contributed by atoms with Crippen LogP contribution < -0.4 is 0 Å². The molecule has 110 valence electrons.